The third kappa shape index (κ3) is 5.03. The number of nitrogens with one attached hydrogen (secondary N) is 1. The Morgan fingerprint density at radius 2 is 1.58 bits per heavy atom. The molecule has 1 saturated carbocycles. The summed E-state index contributed by atoms with van der Waals surface area (Å²) in [5.74, 6) is -1.04. The predicted molar refractivity (Wildman–Crippen MR) is 130 cm³/mol. The SMILES string of the molecule is O=C(NC1CCCC1)C(c1ccc(F)cc1)N(C(=O)c1ccc2c(c1)OCCO2)c1cccc(F)c1. The van der Waals surface area contributed by atoms with Crippen molar-refractivity contribution in [2.45, 2.75) is 37.8 Å². The van der Waals surface area contributed by atoms with E-state index in [0.29, 0.717) is 30.3 Å². The first-order chi connectivity index (χ1) is 17.5. The Morgan fingerprint density at radius 3 is 2.31 bits per heavy atom. The van der Waals surface area contributed by atoms with Gasteiger partial charge in [-0.25, -0.2) is 8.78 Å². The van der Waals surface area contributed by atoms with E-state index in [1.807, 2.05) is 0 Å². The van der Waals surface area contributed by atoms with Crippen molar-refractivity contribution < 1.29 is 27.8 Å². The second kappa shape index (κ2) is 10.4. The van der Waals surface area contributed by atoms with Gasteiger partial charge in [0.15, 0.2) is 11.5 Å². The molecule has 186 valence electrons. The molecule has 2 aliphatic rings. The molecule has 6 nitrogen and oxygen atoms in total. The van der Waals surface area contributed by atoms with E-state index in [1.54, 1.807) is 24.3 Å². The molecule has 1 heterocycles. The lowest BCUT2D eigenvalue weighted by molar-refractivity contribution is -0.123. The van der Waals surface area contributed by atoms with Crippen molar-refractivity contribution in [2.75, 3.05) is 18.1 Å². The van der Waals surface area contributed by atoms with Crippen molar-refractivity contribution in [1.29, 1.82) is 0 Å². The van der Waals surface area contributed by atoms with Crippen LogP contribution in [0.25, 0.3) is 0 Å². The molecular weight excluding hydrogens is 466 g/mol. The maximum absolute atomic E-state index is 14.3. The van der Waals surface area contributed by atoms with E-state index in [0.717, 1.165) is 25.7 Å². The Hall–Kier alpha value is -3.94. The monoisotopic (exact) mass is 492 g/mol. The number of anilines is 1. The molecule has 3 aromatic carbocycles. The van der Waals surface area contributed by atoms with E-state index in [-0.39, 0.29) is 17.3 Å². The molecule has 8 heteroatoms. The van der Waals surface area contributed by atoms with Gasteiger partial charge >= 0.3 is 0 Å². The molecule has 3 aromatic rings. The quantitative estimate of drug-likeness (QED) is 0.515. The second-order valence-electron chi connectivity index (χ2n) is 8.96. The molecule has 0 bridgehead atoms. The average Bonchev–Trinajstić information content (AvgIpc) is 3.40. The maximum atomic E-state index is 14.3. The number of halogens is 2. The highest BCUT2D eigenvalue weighted by atomic mass is 19.1. The van der Waals surface area contributed by atoms with Gasteiger partial charge in [-0.15, -0.1) is 0 Å². The van der Waals surface area contributed by atoms with Crippen LogP contribution in [0.2, 0.25) is 0 Å². The molecule has 1 aliphatic heterocycles. The van der Waals surface area contributed by atoms with Gasteiger partial charge in [-0.1, -0.05) is 31.0 Å². The minimum absolute atomic E-state index is 0.0146. The number of hydrogen-bond acceptors (Lipinski definition) is 4. The lowest BCUT2D eigenvalue weighted by atomic mass is 10.0. The van der Waals surface area contributed by atoms with Gasteiger partial charge in [0.1, 0.15) is 30.9 Å². The van der Waals surface area contributed by atoms with Crippen LogP contribution in [0.15, 0.2) is 66.7 Å². The molecule has 1 fully saturated rings. The molecule has 0 radical (unpaired) electrons. The Balaban J connectivity index is 1.60. The van der Waals surface area contributed by atoms with Crippen LogP contribution in [-0.2, 0) is 4.79 Å². The van der Waals surface area contributed by atoms with E-state index in [2.05, 4.69) is 5.32 Å². The number of hydrogen-bond donors (Lipinski definition) is 1. The van der Waals surface area contributed by atoms with Crippen molar-refractivity contribution in [1.82, 2.24) is 5.32 Å². The third-order valence-electron chi connectivity index (χ3n) is 6.49. The van der Waals surface area contributed by atoms with Crippen molar-refractivity contribution in [3.8, 4) is 11.5 Å². The minimum atomic E-state index is -1.16. The summed E-state index contributed by atoms with van der Waals surface area (Å²) in [4.78, 5) is 29.0. The van der Waals surface area contributed by atoms with Crippen molar-refractivity contribution in [3.63, 3.8) is 0 Å². The second-order valence-corrected chi connectivity index (χ2v) is 8.96. The standard InChI is InChI=1S/C28H26F2N2O4/c29-20-11-8-18(9-12-20)26(27(33)31-22-5-1-2-6-22)32(23-7-3-4-21(30)17-23)28(34)19-10-13-24-25(16-19)36-15-14-35-24/h3-4,7-13,16-17,22,26H,1-2,5-6,14-15H2,(H,31,33). The molecule has 0 saturated heterocycles. The van der Waals surface area contributed by atoms with Gasteiger partial charge in [0.25, 0.3) is 5.91 Å². The van der Waals surface area contributed by atoms with E-state index < -0.39 is 29.5 Å². The third-order valence-corrected chi connectivity index (χ3v) is 6.49. The smallest absolute Gasteiger partial charge is 0.259 e. The fourth-order valence-electron chi connectivity index (χ4n) is 4.74. The summed E-state index contributed by atoms with van der Waals surface area (Å²) in [5, 5.41) is 3.05. The molecule has 36 heavy (non-hydrogen) atoms. The Bertz CT molecular complexity index is 1260. The largest absolute Gasteiger partial charge is 0.486 e. The highest BCUT2D eigenvalue weighted by Crippen LogP contribution is 2.35. The molecule has 5 rings (SSSR count). The lowest BCUT2D eigenvalue weighted by Gasteiger charge is -2.32. The van der Waals surface area contributed by atoms with Gasteiger partial charge in [0, 0.05) is 17.3 Å². The molecular formula is C28H26F2N2O4. The van der Waals surface area contributed by atoms with E-state index >= 15 is 0 Å². The topological polar surface area (TPSA) is 67.9 Å². The van der Waals surface area contributed by atoms with Gasteiger partial charge in [-0.2, -0.15) is 0 Å². The van der Waals surface area contributed by atoms with E-state index in [9.17, 15) is 18.4 Å². The predicted octanol–water partition coefficient (Wildman–Crippen LogP) is 5.18. The Labute approximate surface area is 207 Å². The molecule has 0 aromatic heterocycles. The normalized spacial score (nSPS) is 15.8. The highest BCUT2D eigenvalue weighted by molar-refractivity contribution is 6.10. The first kappa shape index (κ1) is 23.8. The van der Waals surface area contributed by atoms with Crippen LogP contribution >= 0.6 is 0 Å². The minimum Gasteiger partial charge on any atom is -0.486 e. The fourth-order valence-corrected chi connectivity index (χ4v) is 4.74. The molecule has 1 aliphatic carbocycles. The van der Waals surface area contributed by atoms with Crippen LogP contribution in [0.4, 0.5) is 14.5 Å². The molecule has 1 atom stereocenters. The van der Waals surface area contributed by atoms with Gasteiger partial charge in [0.05, 0.1) is 0 Å². The van der Waals surface area contributed by atoms with Gasteiger partial charge < -0.3 is 14.8 Å². The van der Waals surface area contributed by atoms with Crippen molar-refractivity contribution in [3.05, 3.63) is 89.5 Å². The zero-order valence-corrected chi connectivity index (χ0v) is 19.6. The molecule has 1 N–H and O–H groups in total. The summed E-state index contributed by atoms with van der Waals surface area (Å²) >= 11 is 0. The number of benzene rings is 3. The lowest BCUT2D eigenvalue weighted by Crippen LogP contribution is -2.46. The number of ether oxygens (including phenoxy) is 2. The number of fused-ring (bicyclic) bond motifs is 1. The van der Waals surface area contributed by atoms with Crippen molar-refractivity contribution >= 4 is 17.5 Å². The maximum Gasteiger partial charge on any atom is 0.259 e. The van der Waals surface area contributed by atoms with Crippen LogP contribution in [0, 0.1) is 11.6 Å². The Morgan fingerprint density at radius 1 is 0.861 bits per heavy atom. The highest BCUT2D eigenvalue weighted by Gasteiger charge is 2.35. The van der Waals surface area contributed by atoms with Crippen LogP contribution < -0.4 is 19.7 Å². The van der Waals surface area contributed by atoms with Crippen LogP contribution in [0.5, 0.6) is 11.5 Å². The first-order valence-corrected chi connectivity index (χ1v) is 12.0. The van der Waals surface area contributed by atoms with Crippen LogP contribution in [-0.4, -0.2) is 31.1 Å². The van der Waals surface area contributed by atoms with E-state index in [4.69, 9.17) is 9.47 Å². The first-order valence-electron chi connectivity index (χ1n) is 12.0. The fraction of sp³-hybridized carbons (Fsp3) is 0.286. The van der Waals surface area contributed by atoms with Crippen molar-refractivity contribution in [2.24, 2.45) is 0 Å². The van der Waals surface area contributed by atoms with Gasteiger partial charge in [-0.05, 0) is 66.9 Å². The van der Waals surface area contributed by atoms with Gasteiger partial charge in [-0.3, -0.25) is 14.5 Å². The summed E-state index contributed by atoms with van der Waals surface area (Å²) in [7, 11) is 0. The summed E-state index contributed by atoms with van der Waals surface area (Å²) in [5.41, 5.74) is 0.845. The molecule has 1 unspecified atom stereocenters. The number of carbonyl (C=O) groups excluding carboxylic acids is 2. The van der Waals surface area contributed by atoms with E-state index in [1.165, 1.54) is 47.4 Å². The van der Waals surface area contributed by atoms with Crippen LogP contribution in [0.1, 0.15) is 47.6 Å². The number of rotatable bonds is 6. The zero-order valence-electron chi connectivity index (χ0n) is 19.6. The summed E-state index contributed by atoms with van der Waals surface area (Å²) in [6, 6.07) is 14.5. The average molecular weight is 493 g/mol. The molecule has 0 spiro atoms. The zero-order chi connectivity index (χ0) is 25.1. The van der Waals surface area contributed by atoms with Crippen LogP contribution in [0.3, 0.4) is 0 Å². The summed E-state index contributed by atoms with van der Waals surface area (Å²) in [6.07, 6.45) is 3.71. The Kier molecular flexibility index (Phi) is 6.84. The number of carbonyl (C=O) groups is 2. The number of amides is 2. The summed E-state index contributed by atoms with van der Waals surface area (Å²) in [6.45, 7) is 0.754. The number of nitrogens with zero attached hydrogens (tertiary/aromatic N) is 1. The van der Waals surface area contributed by atoms with Gasteiger partial charge in [0.2, 0.25) is 5.91 Å². The molecule has 2 amide bonds. The summed E-state index contributed by atoms with van der Waals surface area (Å²) < 4.78 is 39.3.